The van der Waals surface area contributed by atoms with E-state index in [1.165, 1.54) is 0 Å². The second-order valence-electron chi connectivity index (χ2n) is 12.3. The maximum Gasteiger partial charge on any atom is 0.310 e. The summed E-state index contributed by atoms with van der Waals surface area (Å²) in [7, 11) is -3.91. The molecular formula is C22H40O6Si2. The fourth-order valence-electron chi connectivity index (χ4n) is 4.29. The zero-order valence-corrected chi connectivity index (χ0v) is 22.3. The van der Waals surface area contributed by atoms with E-state index >= 15 is 0 Å². The lowest BCUT2D eigenvalue weighted by Gasteiger charge is -2.44. The number of rotatable bonds is 6. The molecule has 0 radical (unpaired) electrons. The molecule has 0 bridgehead atoms. The van der Waals surface area contributed by atoms with Gasteiger partial charge in [0.1, 0.15) is 12.2 Å². The predicted octanol–water partition coefficient (Wildman–Crippen LogP) is 4.36. The molecule has 0 amide bonds. The van der Waals surface area contributed by atoms with Crippen LogP contribution in [0.1, 0.15) is 41.5 Å². The Labute approximate surface area is 183 Å². The number of ether oxygens (including phenoxy) is 2. The zero-order chi connectivity index (χ0) is 22.9. The van der Waals surface area contributed by atoms with E-state index in [-0.39, 0.29) is 57.9 Å². The molecule has 2 heterocycles. The summed E-state index contributed by atoms with van der Waals surface area (Å²) in [6.45, 7) is 22.8. The lowest BCUT2D eigenvalue weighted by molar-refractivity contribution is -0.154. The largest absolute Gasteiger partial charge is 0.459 e. The summed E-state index contributed by atoms with van der Waals surface area (Å²) in [4.78, 5) is 25.0. The van der Waals surface area contributed by atoms with Crippen LogP contribution in [0.3, 0.4) is 0 Å². The molecule has 6 nitrogen and oxygen atoms in total. The van der Waals surface area contributed by atoms with Crippen molar-refractivity contribution in [2.45, 2.75) is 90.0 Å². The van der Waals surface area contributed by atoms with Crippen LogP contribution in [-0.4, -0.2) is 54.0 Å². The minimum atomic E-state index is -1.96. The predicted molar refractivity (Wildman–Crippen MR) is 120 cm³/mol. The quantitative estimate of drug-likeness (QED) is 0.437. The smallest absolute Gasteiger partial charge is 0.310 e. The minimum absolute atomic E-state index is 0.0215. The van der Waals surface area contributed by atoms with Crippen LogP contribution in [-0.2, 0) is 27.9 Å². The number of carbonyl (C=O) groups excluding carboxylic acids is 2. The Morgan fingerprint density at radius 2 is 1.00 bits per heavy atom. The average molecular weight is 457 g/mol. The average Bonchev–Trinajstić information content (AvgIpc) is 2.94. The van der Waals surface area contributed by atoms with E-state index in [1.54, 1.807) is 0 Å². The molecule has 1 saturated carbocycles. The Morgan fingerprint density at radius 3 is 1.27 bits per heavy atom. The highest BCUT2D eigenvalue weighted by molar-refractivity contribution is 6.74. The van der Waals surface area contributed by atoms with Gasteiger partial charge in [-0.05, 0) is 36.3 Å². The molecule has 3 rings (SSSR count). The monoisotopic (exact) mass is 456 g/mol. The Hall–Kier alpha value is -0.706. The molecule has 1 aliphatic carbocycles. The molecule has 6 atom stereocenters. The van der Waals surface area contributed by atoms with Gasteiger partial charge in [0, 0.05) is 11.8 Å². The van der Waals surface area contributed by atoms with Gasteiger partial charge >= 0.3 is 11.9 Å². The van der Waals surface area contributed by atoms with Gasteiger partial charge < -0.3 is 18.3 Å². The third kappa shape index (κ3) is 3.93. The highest BCUT2D eigenvalue weighted by Gasteiger charge is 2.71. The fourth-order valence-corrected chi connectivity index (χ4v) is 6.32. The van der Waals surface area contributed by atoms with Gasteiger partial charge in [-0.15, -0.1) is 0 Å². The van der Waals surface area contributed by atoms with Crippen LogP contribution >= 0.6 is 0 Å². The van der Waals surface area contributed by atoms with Crippen molar-refractivity contribution in [3.8, 4) is 0 Å². The van der Waals surface area contributed by atoms with Gasteiger partial charge in [0.15, 0.2) is 16.6 Å². The van der Waals surface area contributed by atoms with Crippen molar-refractivity contribution in [3.63, 3.8) is 0 Å². The van der Waals surface area contributed by atoms with Gasteiger partial charge in [0.05, 0.1) is 25.0 Å². The van der Waals surface area contributed by atoms with Gasteiger partial charge in [0.25, 0.3) is 0 Å². The first-order chi connectivity index (χ1) is 13.5. The molecule has 0 aromatic rings. The van der Waals surface area contributed by atoms with Crippen LogP contribution in [0.25, 0.3) is 0 Å². The number of hydrogen-bond donors (Lipinski definition) is 0. The van der Waals surface area contributed by atoms with Crippen LogP contribution in [0.5, 0.6) is 0 Å². The lowest BCUT2D eigenvalue weighted by Crippen LogP contribution is -2.54. The highest BCUT2D eigenvalue weighted by atomic mass is 28.4. The summed E-state index contributed by atoms with van der Waals surface area (Å²) in [6.07, 6.45) is -0.606. The van der Waals surface area contributed by atoms with Gasteiger partial charge in [-0.2, -0.15) is 0 Å². The van der Waals surface area contributed by atoms with Gasteiger partial charge in [-0.25, -0.2) is 0 Å². The molecule has 2 aliphatic heterocycles. The number of carbonyl (C=O) groups is 2. The van der Waals surface area contributed by atoms with Crippen LogP contribution in [0, 0.1) is 23.7 Å². The third-order valence-electron chi connectivity index (χ3n) is 8.43. The molecule has 30 heavy (non-hydrogen) atoms. The van der Waals surface area contributed by atoms with Crippen molar-refractivity contribution in [2.24, 2.45) is 23.7 Å². The molecule has 0 spiro atoms. The number of fused-ring (bicyclic) bond motifs is 4. The van der Waals surface area contributed by atoms with Crippen molar-refractivity contribution in [3.05, 3.63) is 0 Å². The van der Waals surface area contributed by atoms with Crippen molar-refractivity contribution >= 4 is 28.6 Å². The van der Waals surface area contributed by atoms with E-state index < -0.39 is 16.6 Å². The Morgan fingerprint density at radius 1 is 0.700 bits per heavy atom. The van der Waals surface area contributed by atoms with Crippen molar-refractivity contribution in [2.75, 3.05) is 13.2 Å². The van der Waals surface area contributed by atoms with Crippen molar-refractivity contribution < 1.29 is 27.9 Å². The molecule has 0 aromatic heterocycles. The van der Waals surface area contributed by atoms with E-state index in [9.17, 15) is 9.59 Å². The summed E-state index contributed by atoms with van der Waals surface area (Å²) in [6, 6.07) is 0. The molecule has 0 N–H and O–H groups in total. The number of esters is 2. The first-order valence-electron chi connectivity index (χ1n) is 11.2. The highest BCUT2D eigenvalue weighted by Crippen LogP contribution is 2.59. The van der Waals surface area contributed by atoms with E-state index in [0.717, 1.165) is 0 Å². The second-order valence-corrected chi connectivity index (χ2v) is 21.9. The maximum atomic E-state index is 12.5. The fraction of sp³-hybridized carbons (Fsp3) is 0.909. The van der Waals surface area contributed by atoms with Gasteiger partial charge in [-0.1, -0.05) is 41.5 Å². The third-order valence-corrected chi connectivity index (χ3v) is 17.4. The number of hydrogen-bond acceptors (Lipinski definition) is 6. The molecule has 0 unspecified atom stereocenters. The van der Waals surface area contributed by atoms with Crippen molar-refractivity contribution in [1.82, 2.24) is 0 Å². The SMILES string of the molecule is CC(C)(C)[Si](C)(C)OC[C@H]1OC(=O)[C@@H]2[C@H]3C(=O)O[C@H](CO[Si](C)(C)C(C)(C)C)[C@H]3[C@@H]21. The molecule has 0 aromatic carbocycles. The van der Waals surface area contributed by atoms with E-state index in [0.29, 0.717) is 13.2 Å². The molecule has 3 fully saturated rings. The molecule has 3 aliphatic rings. The van der Waals surface area contributed by atoms with Gasteiger partial charge in [-0.3, -0.25) is 9.59 Å². The Bertz CT molecular complexity index is 645. The molecule has 2 saturated heterocycles. The zero-order valence-electron chi connectivity index (χ0n) is 20.3. The molecular weight excluding hydrogens is 416 g/mol. The summed E-state index contributed by atoms with van der Waals surface area (Å²) in [5.74, 6) is -1.35. The minimum Gasteiger partial charge on any atom is -0.459 e. The Kier molecular flexibility index (Phi) is 5.92. The van der Waals surface area contributed by atoms with E-state index in [4.69, 9.17) is 18.3 Å². The maximum absolute atomic E-state index is 12.5. The van der Waals surface area contributed by atoms with Crippen LogP contribution < -0.4 is 0 Å². The van der Waals surface area contributed by atoms with Crippen LogP contribution in [0.15, 0.2) is 0 Å². The molecule has 172 valence electrons. The molecule has 8 heteroatoms. The standard InChI is InChI=1S/C22H40O6Si2/c1-21(2,3)29(7,8)25-11-13-15-16-14(12-26-30(9,10)22(4,5)6)28-20(24)18(16)17(15)19(23)27-13/h13-18H,11-12H2,1-10H3/t13-,14-,15+,16+,17+,18+/m1/s1. The van der Waals surface area contributed by atoms with Gasteiger partial charge in [0.2, 0.25) is 0 Å². The normalized spacial score (nSPS) is 34.2. The van der Waals surface area contributed by atoms with Crippen molar-refractivity contribution in [1.29, 1.82) is 0 Å². The lowest BCUT2D eigenvalue weighted by atomic mass is 9.55. The first kappa shape index (κ1) is 23.9. The first-order valence-corrected chi connectivity index (χ1v) is 17.0. The second kappa shape index (κ2) is 7.42. The van der Waals surface area contributed by atoms with Crippen LogP contribution in [0.4, 0.5) is 0 Å². The summed E-state index contributed by atoms with van der Waals surface area (Å²) in [5, 5.41) is 0.173. The summed E-state index contributed by atoms with van der Waals surface area (Å²) < 4.78 is 24.1. The topological polar surface area (TPSA) is 71.1 Å². The van der Waals surface area contributed by atoms with Crippen LogP contribution in [0.2, 0.25) is 36.3 Å². The number of cyclic esters (lactones) is 2. The Balaban J connectivity index is 1.70. The van der Waals surface area contributed by atoms with E-state index in [1.807, 2.05) is 0 Å². The summed E-state index contributed by atoms with van der Waals surface area (Å²) >= 11 is 0. The summed E-state index contributed by atoms with van der Waals surface area (Å²) in [5.41, 5.74) is 0. The van der Waals surface area contributed by atoms with E-state index in [2.05, 4.69) is 67.7 Å².